The number of nitrogens with one attached hydrogen (secondary N) is 1. The monoisotopic (exact) mass is 308 g/mol. The Balaban J connectivity index is 1.74. The third-order valence-electron chi connectivity index (χ3n) is 4.73. The van der Waals surface area contributed by atoms with E-state index in [9.17, 15) is 4.79 Å². The van der Waals surface area contributed by atoms with Crippen molar-refractivity contribution < 1.29 is 4.79 Å². The SMILES string of the molecule is CCc1ccc(-c2ccc(C(=O)N(C)C3CCNC3)cc2)cc1. The van der Waals surface area contributed by atoms with Crippen LogP contribution >= 0.6 is 0 Å². The molecule has 1 atom stereocenters. The number of hydrogen-bond acceptors (Lipinski definition) is 2. The number of aryl methyl sites for hydroxylation is 1. The molecule has 2 aromatic rings. The zero-order valence-corrected chi connectivity index (χ0v) is 13.9. The van der Waals surface area contributed by atoms with E-state index in [0.29, 0.717) is 6.04 Å². The van der Waals surface area contributed by atoms with Crippen LogP contribution in [-0.2, 0) is 6.42 Å². The molecule has 1 fully saturated rings. The van der Waals surface area contributed by atoms with Crippen molar-refractivity contribution in [2.24, 2.45) is 0 Å². The molecule has 0 spiro atoms. The largest absolute Gasteiger partial charge is 0.337 e. The van der Waals surface area contributed by atoms with E-state index < -0.39 is 0 Å². The average molecular weight is 308 g/mol. The Labute approximate surface area is 138 Å². The van der Waals surface area contributed by atoms with Gasteiger partial charge in [0.2, 0.25) is 0 Å². The lowest BCUT2D eigenvalue weighted by molar-refractivity contribution is 0.0744. The fourth-order valence-corrected chi connectivity index (χ4v) is 3.08. The number of amides is 1. The summed E-state index contributed by atoms with van der Waals surface area (Å²) >= 11 is 0. The van der Waals surface area contributed by atoms with Crippen molar-refractivity contribution in [3.63, 3.8) is 0 Å². The van der Waals surface area contributed by atoms with Crippen molar-refractivity contribution in [3.8, 4) is 11.1 Å². The quantitative estimate of drug-likeness (QED) is 0.939. The normalized spacial score (nSPS) is 17.2. The van der Waals surface area contributed by atoms with E-state index >= 15 is 0 Å². The molecule has 0 saturated carbocycles. The third kappa shape index (κ3) is 3.45. The highest BCUT2D eigenvalue weighted by Gasteiger charge is 2.23. The van der Waals surface area contributed by atoms with Crippen molar-refractivity contribution in [1.29, 1.82) is 0 Å². The van der Waals surface area contributed by atoms with E-state index in [2.05, 4.69) is 36.5 Å². The van der Waals surface area contributed by atoms with Gasteiger partial charge in [-0.05, 0) is 48.2 Å². The highest BCUT2D eigenvalue weighted by molar-refractivity contribution is 5.94. The van der Waals surface area contributed by atoms with Gasteiger partial charge in [0.1, 0.15) is 0 Å². The minimum Gasteiger partial charge on any atom is -0.337 e. The van der Waals surface area contributed by atoms with Gasteiger partial charge in [-0.2, -0.15) is 0 Å². The molecule has 1 aliphatic heterocycles. The molecule has 3 rings (SSSR count). The number of carbonyl (C=O) groups is 1. The summed E-state index contributed by atoms with van der Waals surface area (Å²) in [5, 5.41) is 3.31. The summed E-state index contributed by atoms with van der Waals surface area (Å²) in [6.07, 6.45) is 2.08. The predicted molar refractivity (Wildman–Crippen MR) is 94.6 cm³/mol. The second kappa shape index (κ2) is 6.97. The van der Waals surface area contributed by atoms with E-state index in [1.165, 1.54) is 11.1 Å². The van der Waals surface area contributed by atoms with Crippen LogP contribution in [0.1, 0.15) is 29.3 Å². The Bertz CT molecular complexity index is 655. The van der Waals surface area contributed by atoms with E-state index in [-0.39, 0.29) is 5.91 Å². The lowest BCUT2D eigenvalue weighted by atomic mass is 10.0. The minimum absolute atomic E-state index is 0.103. The Kier molecular flexibility index (Phi) is 4.77. The molecule has 0 aromatic heterocycles. The number of nitrogens with zero attached hydrogens (tertiary/aromatic N) is 1. The Morgan fingerprint density at radius 1 is 1.09 bits per heavy atom. The summed E-state index contributed by atoms with van der Waals surface area (Å²) in [6, 6.07) is 16.9. The molecule has 3 nitrogen and oxygen atoms in total. The molecule has 0 radical (unpaired) electrons. The summed E-state index contributed by atoms with van der Waals surface area (Å²) in [4.78, 5) is 14.4. The third-order valence-corrected chi connectivity index (χ3v) is 4.73. The Morgan fingerprint density at radius 2 is 1.70 bits per heavy atom. The molecule has 1 aliphatic rings. The summed E-state index contributed by atoms with van der Waals surface area (Å²) in [5.41, 5.74) is 4.43. The van der Waals surface area contributed by atoms with Crippen molar-refractivity contribution >= 4 is 5.91 Å². The van der Waals surface area contributed by atoms with Crippen molar-refractivity contribution in [2.75, 3.05) is 20.1 Å². The van der Waals surface area contributed by atoms with Gasteiger partial charge >= 0.3 is 0 Å². The molecule has 23 heavy (non-hydrogen) atoms. The number of rotatable bonds is 4. The maximum atomic E-state index is 12.6. The molecule has 2 aromatic carbocycles. The van der Waals surface area contributed by atoms with Crippen LogP contribution in [0.2, 0.25) is 0 Å². The lowest BCUT2D eigenvalue weighted by Crippen LogP contribution is -2.38. The van der Waals surface area contributed by atoms with Gasteiger partial charge < -0.3 is 10.2 Å². The molecule has 0 aliphatic carbocycles. The van der Waals surface area contributed by atoms with Gasteiger partial charge in [-0.15, -0.1) is 0 Å². The van der Waals surface area contributed by atoms with Crippen LogP contribution in [0.25, 0.3) is 11.1 Å². The zero-order chi connectivity index (χ0) is 16.2. The van der Waals surface area contributed by atoms with Crippen LogP contribution in [0.15, 0.2) is 48.5 Å². The number of hydrogen-bond donors (Lipinski definition) is 1. The molecule has 1 saturated heterocycles. The number of carbonyl (C=O) groups excluding carboxylic acids is 1. The second-order valence-electron chi connectivity index (χ2n) is 6.19. The topological polar surface area (TPSA) is 32.3 Å². The first-order valence-electron chi connectivity index (χ1n) is 8.36. The summed E-state index contributed by atoms with van der Waals surface area (Å²) in [7, 11) is 1.90. The van der Waals surface area contributed by atoms with Crippen LogP contribution < -0.4 is 5.32 Å². The maximum Gasteiger partial charge on any atom is 0.253 e. The van der Waals surface area contributed by atoms with Crippen molar-refractivity contribution in [2.45, 2.75) is 25.8 Å². The Hall–Kier alpha value is -2.13. The van der Waals surface area contributed by atoms with Crippen LogP contribution in [0.5, 0.6) is 0 Å². The zero-order valence-electron chi connectivity index (χ0n) is 13.9. The van der Waals surface area contributed by atoms with Gasteiger partial charge in [0, 0.05) is 25.2 Å². The molecule has 3 heteroatoms. The Morgan fingerprint density at radius 3 is 2.22 bits per heavy atom. The molecular formula is C20H24N2O. The van der Waals surface area contributed by atoms with Crippen LogP contribution in [0.3, 0.4) is 0 Å². The lowest BCUT2D eigenvalue weighted by Gasteiger charge is -2.23. The highest BCUT2D eigenvalue weighted by Crippen LogP contribution is 2.21. The van der Waals surface area contributed by atoms with Crippen LogP contribution in [-0.4, -0.2) is 37.0 Å². The average Bonchev–Trinajstić information content (AvgIpc) is 3.15. The van der Waals surface area contributed by atoms with E-state index in [4.69, 9.17) is 0 Å². The summed E-state index contributed by atoms with van der Waals surface area (Å²) in [5.74, 6) is 0.103. The highest BCUT2D eigenvalue weighted by atomic mass is 16.2. The number of benzene rings is 2. The van der Waals surface area contributed by atoms with Gasteiger partial charge in [0.15, 0.2) is 0 Å². The standard InChI is InChI=1S/C20H24N2O/c1-3-15-4-6-16(7-5-15)17-8-10-18(11-9-17)20(23)22(2)19-12-13-21-14-19/h4-11,19,21H,3,12-14H2,1-2H3. The first kappa shape index (κ1) is 15.8. The molecular weight excluding hydrogens is 284 g/mol. The molecule has 0 bridgehead atoms. The van der Waals surface area contributed by atoms with Crippen molar-refractivity contribution in [1.82, 2.24) is 10.2 Å². The predicted octanol–water partition coefficient (Wildman–Crippen LogP) is 3.35. The van der Waals surface area contributed by atoms with E-state index in [1.54, 1.807) is 0 Å². The van der Waals surface area contributed by atoms with Crippen LogP contribution in [0.4, 0.5) is 0 Å². The van der Waals surface area contributed by atoms with Crippen molar-refractivity contribution in [3.05, 3.63) is 59.7 Å². The fraction of sp³-hybridized carbons (Fsp3) is 0.350. The summed E-state index contributed by atoms with van der Waals surface area (Å²) < 4.78 is 0. The van der Waals surface area contributed by atoms with Gasteiger partial charge in [-0.25, -0.2) is 0 Å². The first-order valence-corrected chi connectivity index (χ1v) is 8.36. The smallest absolute Gasteiger partial charge is 0.253 e. The first-order chi connectivity index (χ1) is 11.2. The fourth-order valence-electron chi connectivity index (χ4n) is 3.08. The second-order valence-corrected chi connectivity index (χ2v) is 6.19. The molecule has 1 amide bonds. The maximum absolute atomic E-state index is 12.6. The summed E-state index contributed by atoms with van der Waals surface area (Å²) in [6.45, 7) is 4.05. The molecule has 1 heterocycles. The van der Waals surface area contributed by atoms with Crippen LogP contribution in [0, 0.1) is 0 Å². The molecule has 1 N–H and O–H groups in total. The minimum atomic E-state index is 0.103. The van der Waals surface area contributed by atoms with Gasteiger partial charge in [0.05, 0.1) is 0 Å². The molecule has 120 valence electrons. The molecule has 1 unspecified atom stereocenters. The number of likely N-dealkylation sites (N-methyl/N-ethyl adjacent to an activating group) is 1. The van der Waals surface area contributed by atoms with E-state index in [0.717, 1.165) is 37.1 Å². The van der Waals surface area contributed by atoms with Gasteiger partial charge in [-0.1, -0.05) is 43.3 Å². The van der Waals surface area contributed by atoms with E-state index in [1.807, 2.05) is 36.2 Å². The van der Waals surface area contributed by atoms with Gasteiger partial charge in [0.25, 0.3) is 5.91 Å². The van der Waals surface area contributed by atoms with Gasteiger partial charge in [-0.3, -0.25) is 4.79 Å².